The molecule has 262 valence electrons. The summed E-state index contributed by atoms with van der Waals surface area (Å²) in [6, 6.07) is 67.5. The summed E-state index contributed by atoms with van der Waals surface area (Å²) in [6.45, 7) is 0. The third-order valence-corrected chi connectivity index (χ3v) is 10.7. The second-order valence-corrected chi connectivity index (χ2v) is 14.1. The lowest BCUT2D eigenvalue weighted by molar-refractivity contribution is 0.631. The summed E-state index contributed by atoms with van der Waals surface area (Å²) < 4.78 is 8.49. The molecular formula is C51H32N4O. The molecule has 0 aliphatic heterocycles. The molecule has 0 fully saturated rings. The van der Waals surface area contributed by atoms with E-state index in [0.717, 1.165) is 66.7 Å². The minimum atomic E-state index is 0.603. The molecule has 8 aromatic carbocycles. The Morgan fingerprint density at radius 1 is 0.357 bits per heavy atom. The predicted molar refractivity (Wildman–Crippen MR) is 229 cm³/mol. The number of furan rings is 1. The van der Waals surface area contributed by atoms with Gasteiger partial charge in [0.05, 0.1) is 11.0 Å². The van der Waals surface area contributed by atoms with Crippen LogP contribution in [0.2, 0.25) is 0 Å². The smallest absolute Gasteiger partial charge is 0.164 e. The number of fused-ring (bicyclic) bond motifs is 5. The van der Waals surface area contributed by atoms with E-state index in [1.165, 1.54) is 21.7 Å². The Kier molecular flexibility index (Phi) is 7.42. The van der Waals surface area contributed by atoms with Crippen molar-refractivity contribution in [3.05, 3.63) is 194 Å². The van der Waals surface area contributed by atoms with E-state index >= 15 is 0 Å². The van der Waals surface area contributed by atoms with Crippen molar-refractivity contribution in [2.45, 2.75) is 0 Å². The van der Waals surface area contributed by atoms with Crippen molar-refractivity contribution in [3.8, 4) is 62.3 Å². The van der Waals surface area contributed by atoms with Crippen LogP contribution >= 0.6 is 0 Å². The Morgan fingerprint density at radius 2 is 0.911 bits per heavy atom. The number of para-hydroxylation sites is 3. The minimum absolute atomic E-state index is 0.603. The monoisotopic (exact) mass is 716 g/mol. The summed E-state index contributed by atoms with van der Waals surface area (Å²) in [7, 11) is 0. The minimum Gasteiger partial charge on any atom is -0.456 e. The van der Waals surface area contributed by atoms with E-state index in [2.05, 4.69) is 180 Å². The van der Waals surface area contributed by atoms with Crippen LogP contribution in [-0.2, 0) is 0 Å². The number of aromatic nitrogens is 4. The normalized spacial score (nSPS) is 11.6. The molecule has 5 nitrogen and oxygen atoms in total. The van der Waals surface area contributed by atoms with Gasteiger partial charge in [-0.15, -0.1) is 0 Å². The maximum atomic E-state index is 6.17. The van der Waals surface area contributed by atoms with Crippen molar-refractivity contribution in [2.75, 3.05) is 0 Å². The van der Waals surface area contributed by atoms with E-state index in [0.29, 0.717) is 17.5 Å². The summed E-state index contributed by atoms with van der Waals surface area (Å²) in [4.78, 5) is 15.4. The standard InChI is InChI=1S/C51H32N4O/c1-2-14-40(15-3-1)55-45-19-8-7-17-43(45)44-31-39(29-30-46(44)55)51-53-49(36-25-21-34(22-26-36)42-18-10-13-33-11-4-6-16-41(33)42)52-50(54-51)37-27-23-35(24-28-37)48-32-38-12-5-9-20-47(38)56-48/h1-32H. The molecule has 0 aliphatic rings. The van der Waals surface area contributed by atoms with E-state index < -0.39 is 0 Å². The van der Waals surface area contributed by atoms with Gasteiger partial charge in [-0.05, 0) is 70.4 Å². The van der Waals surface area contributed by atoms with Gasteiger partial charge in [-0.1, -0.05) is 146 Å². The first-order valence-corrected chi connectivity index (χ1v) is 18.8. The molecule has 0 saturated heterocycles. The Balaban J connectivity index is 1.04. The molecule has 0 atom stereocenters. The molecule has 5 heteroatoms. The molecule has 56 heavy (non-hydrogen) atoms. The molecule has 0 aliphatic carbocycles. The van der Waals surface area contributed by atoms with Crippen molar-refractivity contribution in [1.29, 1.82) is 0 Å². The van der Waals surface area contributed by atoms with Gasteiger partial charge in [0.2, 0.25) is 0 Å². The third-order valence-electron chi connectivity index (χ3n) is 10.7. The zero-order chi connectivity index (χ0) is 37.0. The van der Waals surface area contributed by atoms with Crippen LogP contribution in [0.5, 0.6) is 0 Å². The highest BCUT2D eigenvalue weighted by molar-refractivity contribution is 6.10. The lowest BCUT2D eigenvalue weighted by Gasteiger charge is -2.11. The van der Waals surface area contributed by atoms with Gasteiger partial charge in [-0.2, -0.15) is 0 Å². The van der Waals surface area contributed by atoms with Crippen LogP contribution in [-0.4, -0.2) is 19.5 Å². The van der Waals surface area contributed by atoms with Crippen LogP contribution in [0.4, 0.5) is 0 Å². The number of hydrogen-bond donors (Lipinski definition) is 0. The fraction of sp³-hybridized carbons (Fsp3) is 0. The Bertz CT molecular complexity index is 3200. The summed E-state index contributed by atoms with van der Waals surface area (Å²) in [5, 5.41) is 5.83. The summed E-state index contributed by atoms with van der Waals surface area (Å²) in [5.41, 5.74) is 10.3. The average Bonchev–Trinajstić information content (AvgIpc) is 3.86. The van der Waals surface area contributed by atoms with Crippen LogP contribution < -0.4 is 0 Å². The second-order valence-electron chi connectivity index (χ2n) is 14.1. The molecule has 0 radical (unpaired) electrons. The fourth-order valence-electron chi connectivity index (χ4n) is 7.91. The molecule has 0 bridgehead atoms. The van der Waals surface area contributed by atoms with Gasteiger partial charge in [0.25, 0.3) is 0 Å². The number of rotatable bonds is 6. The second kappa shape index (κ2) is 13.0. The van der Waals surface area contributed by atoms with Crippen molar-refractivity contribution < 1.29 is 4.42 Å². The van der Waals surface area contributed by atoms with E-state index in [4.69, 9.17) is 19.4 Å². The van der Waals surface area contributed by atoms with Crippen molar-refractivity contribution in [3.63, 3.8) is 0 Å². The van der Waals surface area contributed by atoms with Crippen LogP contribution in [0.15, 0.2) is 199 Å². The van der Waals surface area contributed by atoms with E-state index in [1.54, 1.807) is 0 Å². The predicted octanol–water partition coefficient (Wildman–Crippen LogP) is 13.2. The Hall–Kier alpha value is -7.63. The van der Waals surface area contributed by atoms with Crippen molar-refractivity contribution in [1.82, 2.24) is 19.5 Å². The molecule has 0 spiro atoms. The van der Waals surface area contributed by atoms with Gasteiger partial charge in [0, 0.05) is 44.1 Å². The zero-order valence-electron chi connectivity index (χ0n) is 30.2. The van der Waals surface area contributed by atoms with Crippen LogP contribution in [0.25, 0.3) is 106 Å². The Labute approximate surface area is 322 Å². The SMILES string of the molecule is c1ccc(-n2c3ccccc3c3cc(-c4nc(-c5ccc(-c6cc7ccccc7o6)cc5)nc(-c5ccc(-c6cccc7ccccc67)cc5)n4)ccc32)cc1. The van der Waals surface area contributed by atoms with Crippen LogP contribution in [0.3, 0.4) is 0 Å². The molecule has 3 heterocycles. The highest BCUT2D eigenvalue weighted by atomic mass is 16.3. The maximum absolute atomic E-state index is 6.17. The first kappa shape index (κ1) is 31.9. The zero-order valence-corrected chi connectivity index (χ0v) is 30.2. The molecule has 0 saturated carbocycles. The van der Waals surface area contributed by atoms with E-state index in [1.807, 2.05) is 18.2 Å². The van der Waals surface area contributed by atoms with Gasteiger partial charge < -0.3 is 8.98 Å². The number of nitrogens with zero attached hydrogens (tertiary/aromatic N) is 4. The summed E-state index contributed by atoms with van der Waals surface area (Å²) >= 11 is 0. The third kappa shape index (κ3) is 5.45. The largest absolute Gasteiger partial charge is 0.456 e. The quantitative estimate of drug-likeness (QED) is 0.172. The molecule has 0 unspecified atom stereocenters. The lowest BCUT2D eigenvalue weighted by atomic mass is 9.97. The van der Waals surface area contributed by atoms with Gasteiger partial charge in [-0.3, -0.25) is 0 Å². The van der Waals surface area contributed by atoms with Crippen LogP contribution in [0.1, 0.15) is 0 Å². The average molecular weight is 717 g/mol. The lowest BCUT2D eigenvalue weighted by Crippen LogP contribution is -2.00. The van der Waals surface area contributed by atoms with Gasteiger partial charge in [-0.25, -0.2) is 15.0 Å². The maximum Gasteiger partial charge on any atom is 0.164 e. The molecule has 11 rings (SSSR count). The topological polar surface area (TPSA) is 56.7 Å². The number of benzene rings is 8. The van der Waals surface area contributed by atoms with E-state index in [-0.39, 0.29) is 0 Å². The molecular weight excluding hydrogens is 685 g/mol. The summed E-state index contributed by atoms with van der Waals surface area (Å²) in [6.07, 6.45) is 0. The summed E-state index contributed by atoms with van der Waals surface area (Å²) in [5.74, 6) is 2.65. The first-order valence-electron chi connectivity index (χ1n) is 18.8. The molecule has 0 N–H and O–H groups in total. The molecule has 11 aromatic rings. The molecule has 3 aromatic heterocycles. The fourth-order valence-corrected chi connectivity index (χ4v) is 7.91. The molecule has 0 amide bonds. The van der Waals surface area contributed by atoms with Crippen molar-refractivity contribution >= 4 is 43.5 Å². The van der Waals surface area contributed by atoms with Crippen molar-refractivity contribution in [2.24, 2.45) is 0 Å². The number of hydrogen-bond acceptors (Lipinski definition) is 4. The van der Waals surface area contributed by atoms with Gasteiger partial charge in [0.15, 0.2) is 17.5 Å². The van der Waals surface area contributed by atoms with Gasteiger partial charge >= 0.3 is 0 Å². The highest BCUT2D eigenvalue weighted by Gasteiger charge is 2.17. The van der Waals surface area contributed by atoms with Crippen LogP contribution in [0, 0.1) is 0 Å². The van der Waals surface area contributed by atoms with E-state index in [9.17, 15) is 0 Å². The highest BCUT2D eigenvalue weighted by Crippen LogP contribution is 2.36. The first-order chi connectivity index (χ1) is 27.7. The Morgan fingerprint density at radius 3 is 1.66 bits per heavy atom. The van der Waals surface area contributed by atoms with Gasteiger partial charge in [0.1, 0.15) is 11.3 Å².